The number of rotatable bonds is 4. The third kappa shape index (κ3) is 3.24. The van der Waals surface area contributed by atoms with Gasteiger partial charge in [0.2, 0.25) is 0 Å². The first-order valence-corrected chi connectivity index (χ1v) is 9.55. The Labute approximate surface area is 164 Å². The molecule has 142 valence electrons. The van der Waals surface area contributed by atoms with Crippen LogP contribution < -0.4 is 5.32 Å². The Bertz CT molecular complexity index is 1060. The van der Waals surface area contributed by atoms with Crippen molar-refractivity contribution < 1.29 is 9.59 Å². The summed E-state index contributed by atoms with van der Waals surface area (Å²) in [6, 6.07) is 15.2. The summed E-state index contributed by atoms with van der Waals surface area (Å²) < 4.78 is 0. The zero-order chi connectivity index (χ0) is 19.7. The van der Waals surface area contributed by atoms with Gasteiger partial charge in [-0.15, -0.1) is 0 Å². The fourth-order valence-electron chi connectivity index (χ4n) is 3.90. The first-order chi connectivity index (χ1) is 13.6. The molecule has 1 heterocycles. The number of para-hydroxylation sites is 1. The highest BCUT2D eigenvalue weighted by Crippen LogP contribution is 2.31. The van der Waals surface area contributed by atoms with Crippen molar-refractivity contribution in [3.8, 4) is 0 Å². The molecule has 1 aliphatic rings. The normalized spacial score (nSPS) is 12.6. The molecule has 4 rings (SSSR count). The Kier molecular flexibility index (Phi) is 4.82. The molecule has 0 atom stereocenters. The quantitative estimate of drug-likeness (QED) is 0.763. The van der Waals surface area contributed by atoms with Crippen LogP contribution in [-0.2, 0) is 19.4 Å². The van der Waals surface area contributed by atoms with Crippen LogP contribution in [0.4, 0.5) is 0 Å². The molecule has 0 radical (unpaired) electrons. The second kappa shape index (κ2) is 7.43. The Morgan fingerprint density at radius 2 is 1.82 bits per heavy atom. The van der Waals surface area contributed by atoms with Crippen LogP contribution in [0.1, 0.15) is 44.0 Å². The number of nitrogens with zero attached hydrogens (tertiary/aromatic N) is 2. The van der Waals surface area contributed by atoms with Gasteiger partial charge in [0.1, 0.15) is 0 Å². The zero-order valence-electron chi connectivity index (χ0n) is 16.2. The van der Waals surface area contributed by atoms with Gasteiger partial charge >= 0.3 is 0 Å². The summed E-state index contributed by atoms with van der Waals surface area (Å²) in [7, 11) is 3.44. The molecule has 0 spiro atoms. The highest BCUT2D eigenvalue weighted by molar-refractivity contribution is 6.07. The minimum absolute atomic E-state index is 0.0205. The van der Waals surface area contributed by atoms with Crippen molar-refractivity contribution in [2.24, 2.45) is 0 Å². The smallest absolute Gasteiger partial charge is 0.254 e. The van der Waals surface area contributed by atoms with E-state index < -0.39 is 0 Å². The van der Waals surface area contributed by atoms with Gasteiger partial charge in [-0.05, 0) is 48.6 Å². The van der Waals surface area contributed by atoms with Gasteiger partial charge in [0.25, 0.3) is 11.8 Å². The minimum Gasteiger partial charge on any atom is -0.355 e. The van der Waals surface area contributed by atoms with Crippen molar-refractivity contribution in [3.05, 3.63) is 76.5 Å². The Balaban J connectivity index is 1.64. The number of carbonyl (C=O) groups is 2. The molecule has 0 saturated carbocycles. The summed E-state index contributed by atoms with van der Waals surface area (Å²) in [6.45, 7) is 0.484. The monoisotopic (exact) mass is 373 g/mol. The highest BCUT2D eigenvalue weighted by Gasteiger charge is 2.25. The first-order valence-electron chi connectivity index (χ1n) is 9.55. The molecule has 0 unspecified atom stereocenters. The van der Waals surface area contributed by atoms with E-state index in [-0.39, 0.29) is 11.8 Å². The number of hydrogen-bond acceptors (Lipinski definition) is 3. The van der Waals surface area contributed by atoms with Crippen LogP contribution in [0.5, 0.6) is 0 Å². The number of fused-ring (bicyclic) bond motifs is 2. The fraction of sp³-hybridized carbons (Fsp3) is 0.261. The number of pyridine rings is 1. The van der Waals surface area contributed by atoms with Crippen LogP contribution in [0.15, 0.2) is 48.5 Å². The molecule has 3 aromatic rings. The van der Waals surface area contributed by atoms with Crippen LogP contribution in [-0.4, -0.2) is 35.8 Å². The molecule has 0 saturated heterocycles. The van der Waals surface area contributed by atoms with E-state index in [9.17, 15) is 9.59 Å². The third-order valence-electron chi connectivity index (χ3n) is 5.34. The molecule has 0 fully saturated rings. The van der Waals surface area contributed by atoms with E-state index in [0.717, 1.165) is 52.5 Å². The largest absolute Gasteiger partial charge is 0.355 e. The number of aromatic nitrogens is 1. The lowest BCUT2D eigenvalue weighted by molar-refractivity contribution is 0.0785. The Morgan fingerprint density at radius 1 is 1.07 bits per heavy atom. The number of hydrogen-bond donors (Lipinski definition) is 1. The third-order valence-corrected chi connectivity index (χ3v) is 5.34. The van der Waals surface area contributed by atoms with E-state index >= 15 is 0 Å². The summed E-state index contributed by atoms with van der Waals surface area (Å²) >= 11 is 0. The average Bonchev–Trinajstić information content (AvgIpc) is 3.19. The maximum Gasteiger partial charge on any atom is 0.254 e. The maximum absolute atomic E-state index is 13.4. The predicted molar refractivity (Wildman–Crippen MR) is 109 cm³/mol. The van der Waals surface area contributed by atoms with Gasteiger partial charge in [-0.2, -0.15) is 0 Å². The highest BCUT2D eigenvalue weighted by atomic mass is 16.2. The molecule has 5 nitrogen and oxygen atoms in total. The fourth-order valence-corrected chi connectivity index (χ4v) is 3.90. The van der Waals surface area contributed by atoms with Gasteiger partial charge in [0.15, 0.2) is 0 Å². The molecular formula is C23H23N3O2. The molecule has 2 aromatic carbocycles. The standard InChI is InChI=1S/C23H23N3O2/c1-24-22(27)16-12-10-15(11-13-16)14-26(2)23(28)21-17-6-3-4-8-19(17)25-20-9-5-7-18(20)21/h3-4,6,8,10-13H,5,7,9,14H2,1-2H3,(H,24,27). The summed E-state index contributed by atoms with van der Waals surface area (Å²) in [4.78, 5) is 31.6. The summed E-state index contributed by atoms with van der Waals surface area (Å²) in [6.07, 6.45) is 2.89. The van der Waals surface area contributed by atoms with Gasteiger partial charge in [-0.3, -0.25) is 14.6 Å². The van der Waals surface area contributed by atoms with E-state index in [1.807, 2.05) is 43.4 Å². The molecule has 1 aliphatic carbocycles. The van der Waals surface area contributed by atoms with Gasteiger partial charge in [0, 0.05) is 37.3 Å². The molecule has 28 heavy (non-hydrogen) atoms. The maximum atomic E-state index is 13.4. The van der Waals surface area contributed by atoms with E-state index in [4.69, 9.17) is 4.98 Å². The number of amides is 2. The van der Waals surface area contributed by atoms with Crippen LogP contribution in [0, 0.1) is 0 Å². The number of benzene rings is 2. The van der Waals surface area contributed by atoms with Gasteiger partial charge < -0.3 is 10.2 Å². The summed E-state index contributed by atoms with van der Waals surface area (Å²) in [5, 5.41) is 3.54. The van der Waals surface area contributed by atoms with Crippen molar-refractivity contribution >= 4 is 22.7 Å². The Hall–Kier alpha value is -3.21. The molecule has 0 aliphatic heterocycles. The van der Waals surface area contributed by atoms with Crippen molar-refractivity contribution in [1.82, 2.24) is 15.2 Å². The van der Waals surface area contributed by atoms with Gasteiger partial charge in [-0.1, -0.05) is 30.3 Å². The molecular weight excluding hydrogens is 350 g/mol. The Morgan fingerprint density at radius 3 is 2.57 bits per heavy atom. The number of aryl methyl sites for hydroxylation is 1. The second-order valence-electron chi connectivity index (χ2n) is 7.22. The van der Waals surface area contributed by atoms with Gasteiger partial charge in [0.05, 0.1) is 11.1 Å². The van der Waals surface area contributed by atoms with Crippen molar-refractivity contribution in [3.63, 3.8) is 0 Å². The molecule has 1 N–H and O–H groups in total. The average molecular weight is 373 g/mol. The van der Waals surface area contributed by atoms with Crippen molar-refractivity contribution in [1.29, 1.82) is 0 Å². The SMILES string of the molecule is CNC(=O)c1ccc(CN(C)C(=O)c2c3c(nc4ccccc24)CCC3)cc1. The van der Waals surface area contributed by atoms with E-state index in [0.29, 0.717) is 12.1 Å². The van der Waals surface area contributed by atoms with Crippen molar-refractivity contribution in [2.75, 3.05) is 14.1 Å². The molecule has 0 bridgehead atoms. The van der Waals surface area contributed by atoms with Crippen molar-refractivity contribution in [2.45, 2.75) is 25.8 Å². The first kappa shape index (κ1) is 18.2. The van der Waals surface area contributed by atoms with Crippen LogP contribution >= 0.6 is 0 Å². The number of carbonyl (C=O) groups excluding carboxylic acids is 2. The predicted octanol–water partition coefficient (Wildman–Crippen LogP) is 3.36. The lowest BCUT2D eigenvalue weighted by atomic mass is 10.00. The summed E-state index contributed by atoms with van der Waals surface area (Å²) in [5.41, 5.74) is 5.44. The van der Waals surface area contributed by atoms with E-state index in [2.05, 4.69) is 5.32 Å². The lowest BCUT2D eigenvalue weighted by Crippen LogP contribution is -2.27. The second-order valence-corrected chi connectivity index (χ2v) is 7.22. The molecule has 2 amide bonds. The summed E-state index contributed by atoms with van der Waals surface area (Å²) in [5.74, 6) is -0.0954. The topological polar surface area (TPSA) is 62.3 Å². The van der Waals surface area contributed by atoms with Crippen LogP contribution in [0.25, 0.3) is 10.9 Å². The van der Waals surface area contributed by atoms with Crippen LogP contribution in [0.3, 0.4) is 0 Å². The lowest BCUT2D eigenvalue weighted by Gasteiger charge is -2.20. The minimum atomic E-state index is -0.116. The number of nitrogens with one attached hydrogen (secondary N) is 1. The molecule has 5 heteroatoms. The van der Waals surface area contributed by atoms with Gasteiger partial charge in [-0.25, -0.2) is 0 Å². The zero-order valence-corrected chi connectivity index (χ0v) is 16.2. The van der Waals surface area contributed by atoms with E-state index in [1.165, 1.54) is 0 Å². The van der Waals surface area contributed by atoms with Crippen LogP contribution in [0.2, 0.25) is 0 Å². The van der Waals surface area contributed by atoms with E-state index in [1.54, 1.807) is 24.1 Å². The molecule has 1 aromatic heterocycles.